The van der Waals surface area contributed by atoms with Gasteiger partial charge < -0.3 is 15.7 Å². The Balaban J connectivity index is 1.98. The molecule has 1 aromatic rings. The van der Waals surface area contributed by atoms with Crippen LogP contribution >= 0.6 is 23.2 Å². The fourth-order valence-electron chi connectivity index (χ4n) is 2.44. The van der Waals surface area contributed by atoms with Gasteiger partial charge in [-0.2, -0.15) is 0 Å². The van der Waals surface area contributed by atoms with Crippen LogP contribution in [0.3, 0.4) is 0 Å². The molecule has 1 unspecified atom stereocenters. The first kappa shape index (κ1) is 17.1. The van der Waals surface area contributed by atoms with Gasteiger partial charge in [0.1, 0.15) is 5.82 Å². The molecule has 0 saturated carbocycles. The molecule has 120 valence electrons. The van der Waals surface area contributed by atoms with Crippen LogP contribution in [0, 0.1) is 11.7 Å². The molecule has 2 amide bonds. The lowest BCUT2D eigenvalue weighted by molar-refractivity contribution is 0.229. The Labute approximate surface area is 138 Å². The number of hydrogen-bond donors (Lipinski definition) is 3. The summed E-state index contributed by atoms with van der Waals surface area (Å²) in [6, 6.07) is 1.49. The van der Waals surface area contributed by atoms with Crippen LogP contribution in [0.5, 0.6) is 0 Å². The molecule has 3 N–H and O–H groups in total. The molecular formula is C15H17Cl2FN2O2. The van der Waals surface area contributed by atoms with Crippen molar-refractivity contribution in [2.24, 2.45) is 5.92 Å². The van der Waals surface area contributed by atoms with Crippen molar-refractivity contribution in [1.29, 1.82) is 0 Å². The highest BCUT2D eigenvalue weighted by atomic mass is 35.5. The van der Waals surface area contributed by atoms with E-state index in [1.54, 1.807) is 6.92 Å². The average Bonchev–Trinajstić information content (AvgIpc) is 2.90. The fourth-order valence-corrected chi connectivity index (χ4v) is 3.13. The third-order valence-electron chi connectivity index (χ3n) is 3.58. The summed E-state index contributed by atoms with van der Waals surface area (Å²) in [7, 11) is 0. The zero-order valence-corrected chi connectivity index (χ0v) is 13.5. The minimum atomic E-state index is -0.584. The van der Waals surface area contributed by atoms with Crippen LogP contribution in [0.15, 0.2) is 24.3 Å². The maximum atomic E-state index is 13.5. The summed E-state index contributed by atoms with van der Waals surface area (Å²) in [5.74, 6) is -0.519. The molecule has 0 bridgehead atoms. The third-order valence-corrected chi connectivity index (χ3v) is 4.30. The van der Waals surface area contributed by atoms with Crippen LogP contribution in [0.25, 0.3) is 0 Å². The third kappa shape index (κ3) is 3.91. The van der Waals surface area contributed by atoms with Gasteiger partial charge in [-0.15, -0.1) is 0 Å². The van der Waals surface area contributed by atoms with Gasteiger partial charge in [0, 0.05) is 29.2 Å². The summed E-state index contributed by atoms with van der Waals surface area (Å²) in [4.78, 5) is 12.0. The lowest BCUT2D eigenvalue weighted by Gasteiger charge is -2.20. The Morgan fingerprint density at radius 3 is 2.82 bits per heavy atom. The molecule has 3 atom stereocenters. The predicted molar refractivity (Wildman–Crippen MR) is 84.6 cm³/mol. The van der Waals surface area contributed by atoms with E-state index in [1.165, 1.54) is 12.1 Å². The minimum Gasteiger partial charge on any atom is -0.396 e. The number of aliphatic hydroxyl groups excluding tert-OH is 1. The SMILES string of the molecule is CC(NC(=O)N[C@@H]1C=C[C@H](CO)C1)c1c(Cl)ccc(F)c1Cl. The molecule has 0 aromatic heterocycles. The normalized spacial score (nSPS) is 21.7. The summed E-state index contributed by atoms with van der Waals surface area (Å²) >= 11 is 11.9. The molecule has 0 spiro atoms. The van der Waals surface area contributed by atoms with Gasteiger partial charge in [0.15, 0.2) is 0 Å². The van der Waals surface area contributed by atoms with Crippen molar-refractivity contribution in [3.05, 3.63) is 45.7 Å². The summed E-state index contributed by atoms with van der Waals surface area (Å²) in [6.07, 6.45) is 4.36. The molecule has 22 heavy (non-hydrogen) atoms. The van der Waals surface area contributed by atoms with Gasteiger partial charge in [-0.1, -0.05) is 35.4 Å². The molecule has 0 aliphatic heterocycles. The van der Waals surface area contributed by atoms with E-state index in [4.69, 9.17) is 28.3 Å². The fraction of sp³-hybridized carbons (Fsp3) is 0.400. The summed E-state index contributed by atoms with van der Waals surface area (Å²) in [5, 5.41) is 14.7. The van der Waals surface area contributed by atoms with Crippen LogP contribution in [-0.4, -0.2) is 23.8 Å². The van der Waals surface area contributed by atoms with Crippen molar-refractivity contribution < 1.29 is 14.3 Å². The van der Waals surface area contributed by atoms with Crippen LogP contribution in [0.2, 0.25) is 10.0 Å². The topological polar surface area (TPSA) is 61.4 Å². The van der Waals surface area contributed by atoms with Crippen molar-refractivity contribution in [3.63, 3.8) is 0 Å². The molecule has 0 saturated heterocycles. The van der Waals surface area contributed by atoms with E-state index in [-0.39, 0.29) is 23.6 Å². The zero-order valence-electron chi connectivity index (χ0n) is 11.9. The molecule has 1 aliphatic carbocycles. The summed E-state index contributed by atoms with van der Waals surface area (Å²) in [5.41, 5.74) is 0.341. The van der Waals surface area contributed by atoms with Gasteiger partial charge in [0.25, 0.3) is 0 Å². The first-order valence-electron chi connectivity index (χ1n) is 6.92. The molecule has 0 heterocycles. The Morgan fingerprint density at radius 1 is 1.45 bits per heavy atom. The number of aliphatic hydroxyl groups is 1. The van der Waals surface area contributed by atoms with Crippen molar-refractivity contribution >= 4 is 29.2 Å². The number of halogens is 3. The number of rotatable bonds is 4. The second-order valence-electron chi connectivity index (χ2n) is 5.27. The quantitative estimate of drug-likeness (QED) is 0.577. The van der Waals surface area contributed by atoms with Crippen LogP contribution in [0.4, 0.5) is 9.18 Å². The molecule has 0 fully saturated rings. The van der Waals surface area contributed by atoms with Crippen LogP contribution < -0.4 is 10.6 Å². The standard InChI is InChI=1S/C15H17Cl2FN2O2/c1-8(13-11(16)4-5-12(18)14(13)17)19-15(22)20-10-3-2-9(6-10)7-21/h2-5,8-10,21H,6-7H2,1H3,(H2,19,20,22)/t8?,9-,10+/m0/s1. The van der Waals surface area contributed by atoms with E-state index in [1.807, 2.05) is 12.2 Å². The molecule has 2 rings (SSSR count). The number of nitrogens with one attached hydrogen (secondary N) is 2. The van der Waals surface area contributed by atoms with Gasteiger partial charge in [-0.25, -0.2) is 9.18 Å². The minimum absolute atomic E-state index is 0.0568. The maximum absolute atomic E-state index is 13.5. The average molecular weight is 347 g/mol. The smallest absolute Gasteiger partial charge is 0.315 e. The lowest BCUT2D eigenvalue weighted by Crippen LogP contribution is -2.42. The van der Waals surface area contributed by atoms with Crippen LogP contribution in [-0.2, 0) is 0 Å². The monoisotopic (exact) mass is 346 g/mol. The van der Waals surface area contributed by atoms with Gasteiger partial charge in [-0.05, 0) is 25.5 Å². The maximum Gasteiger partial charge on any atom is 0.315 e. The Kier molecular flexibility index (Phi) is 5.67. The van der Waals surface area contributed by atoms with Crippen LogP contribution in [0.1, 0.15) is 24.9 Å². The number of carbonyl (C=O) groups excluding carboxylic acids is 1. The Bertz CT molecular complexity index is 595. The predicted octanol–water partition coefficient (Wildman–Crippen LogP) is 3.43. The molecule has 4 nitrogen and oxygen atoms in total. The molecular weight excluding hydrogens is 330 g/mol. The Hall–Kier alpha value is -1.30. The number of carbonyl (C=O) groups is 1. The van der Waals surface area contributed by atoms with E-state index in [0.717, 1.165) is 0 Å². The van der Waals surface area contributed by atoms with Crippen molar-refractivity contribution in [2.45, 2.75) is 25.4 Å². The summed E-state index contributed by atoms with van der Waals surface area (Å²) < 4.78 is 13.5. The molecule has 7 heteroatoms. The van der Waals surface area contributed by atoms with Gasteiger partial charge in [0.05, 0.1) is 11.1 Å². The number of urea groups is 1. The lowest BCUT2D eigenvalue weighted by atomic mass is 10.1. The Morgan fingerprint density at radius 2 is 2.18 bits per heavy atom. The second-order valence-corrected chi connectivity index (χ2v) is 6.05. The van der Waals surface area contributed by atoms with Gasteiger partial charge in [0.2, 0.25) is 0 Å². The zero-order chi connectivity index (χ0) is 16.3. The van der Waals surface area contributed by atoms with Crippen molar-refractivity contribution in [2.75, 3.05) is 6.61 Å². The van der Waals surface area contributed by atoms with Crippen molar-refractivity contribution in [3.8, 4) is 0 Å². The highest BCUT2D eigenvalue weighted by Crippen LogP contribution is 2.32. The van der Waals surface area contributed by atoms with E-state index < -0.39 is 17.9 Å². The molecule has 0 radical (unpaired) electrons. The number of hydrogen-bond acceptors (Lipinski definition) is 2. The number of benzene rings is 1. The first-order valence-corrected chi connectivity index (χ1v) is 7.67. The molecule has 1 aliphatic rings. The van der Waals surface area contributed by atoms with Gasteiger partial charge >= 0.3 is 6.03 Å². The summed E-state index contributed by atoms with van der Waals surface area (Å²) in [6.45, 7) is 1.73. The van der Waals surface area contributed by atoms with E-state index in [0.29, 0.717) is 17.0 Å². The van der Waals surface area contributed by atoms with E-state index in [9.17, 15) is 9.18 Å². The second kappa shape index (κ2) is 7.31. The van der Waals surface area contributed by atoms with Gasteiger partial charge in [-0.3, -0.25) is 0 Å². The largest absolute Gasteiger partial charge is 0.396 e. The van der Waals surface area contributed by atoms with E-state index in [2.05, 4.69) is 10.6 Å². The van der Waals surface area contributed by atoms with E-state index >= 15 is 0 Å². The highest BCUT2D eigenvalue weighted by Gasteiger charge is 2.22. The molecule has 1 aromatic carbocycles. The van der Waals surface area contributed by atoms with Crippen molar-refractivity contribution in [1.82, 2.24) is 10.6 Å². The highest BCUT2D eigenvalue weighted by molar-refractivity contribution is 6.36. The first-order chi connectivity index (χ1) is 10.4. The number of amides is 2.